The van der Waals surface area contributed by atoms with Gasteiger partial charge in [0.2, 0.25) is 5.91 Å². The predicted molar refractivity (Wildman–Crippen MR) is 89.0 cm³/mol. The van der Waals surface area contributed by atoms with E-state index < -0.39 is 11.6 Å². The molecule has 0 aliphatic rings. The quantitative estimate of drug-likeness (QED) is 0.776. The highest BCUT2D eigenvalue weighted by Crippen LogP contribution is 2.16. The number of rotatable bonds is 7. The Labute approximate surface area is 138 Å². The summed E-state index contributed by atoms with van der Waals surface area (Å²) in [6.07, 6.45) is 0. The number of hydrogen-bond acceptors (Lipinski definition) is 3. The highest BCUT2D eigenvalue weighted by atomic mass is 32.2. The van der Waals surface area contributed by atoms with Crippen molar-refractivity contribution >= 4 is 23.4 Å². The number of amides is 1. The minimum absolute atomic E-state index is 0.146. The Bertz CT molecular complexity index is 679. The van der Waals surface area contributed by atoms with Gasteiger partial charge in [0, 0.05) is 11.8 Å². The van der Waals surface area contributed by atoms with E-state index in [1.807, 2.05) is 31.2 Å². The van der Waals surface area contributed by atoms with Gasteiger partial charge >= 0.3 is 0 Å². The van der Waals surface area contributed by atoms with Crippen LogP contribution in [0.3, 0.4) is 0 Å². The van der Waals surface area contributed by atoms with Crippen LogP contribution in [0.2, 0.25) is 0 Å². The zero-order chi connectivity index (χ0) is 16.7. The van der Waals surface area contributed by atoms with E-state index in [4.69, 9.17) is 4.74 Å². The first-order valence-corrected chi connectivity index (χ1v) is 8.22. The van der Waals surface area contributed by atoms with Crippen molar-refractivity contribution in [2.75, 3.05) is 23.4 Å². The van der Waals surface area contributed by atoms with Gasteiger partial charge in [0.15, 0.2) is 0 Å². The van der Waals surface area contributed by atoms with Gasteiger partial charge in [0.1, 0.15) is 17.4 Å². The summed E-state index contributed by atoms with van der Waals surface area (Å²) < 4.78 is 31.9. The van der Waals surface area contributed by atoms with Gasteiger partial charge in [-0.2, -0.15) is 0 Å². The topological polar surface area (TPSA) is 38.3 Å². The molecule has 2 aromatic carbocycles. The number of ether oxygens (including phenoxy) is 1. The molecular weight excluding hydrogens is 320 g/mol. The average molecular weight is 337 g/mol. The monoisotopic (exact) mass is 337 g/mol. The zero-order valence-corrected chi connectivity index (χ0v) is 13.5. The lowest BCUT2D eigenvalue weighted by Gasteiger charge is -2.08. The first kappa shape index (κ1) is 17.3. The first-order valence-electron chi connectivity index (χ1n) is 7.07. The van der Waals surface area contributed by atoms with Crippen molar-refractivity contribution in [3.63, 3.8) is 0 Å². The SMILES string of the molecule is Cc1cccc(OCCSCC(=O)Nc2cc(F)ccc2F)c1. The Kier molecular flexibility index (Phi) is 6.40. The van der Waals surface area contributed by atoms with E-state index in [-0.39, 0.29) is 17.3 Å². The number of nitrogens with one attached hydrogen (secondary N) is 1. The summed E-state index contributed by atoms with van der Waals surface area (Å²) >= 11 is 1.36. The first-order chi connectivity index (χ1) is 11.0. The summed E-state index contributed by atoms with van der Waals surface area (Å²) in [5, 5.41) is 2.35. The second-order valence-electron chi connectivity index (χ2n) is 4.89. The van der Waals surface area contributed by atoms with Crippen LogP contribution in [0.15, 0.2) is 42.5 Å². The van der Waals surface area contributed by atoms with E-state index >= 15 is 0 Å². The Morgan fingerprint density at radius 1 is 1.22 bits per heavy atom. The van der Waals surface area contributed by atoms with Crippen molar-refractivity contribution in [1.29, 1.82) is 0 Å². The normalized spacial score (nSPS) is 10.4. The van der Waals surface area contributed by atoms with Gasteiger partial charge in [-0.3, -0.25) is 4.79 Å². The molecule has 6 heteroatoms. The number of carbonyl (C=O) groups is 1. The van der Waals surface area contributed by atoms with Crippen LogP contribution in [0, 0.1) is 18.6 Å². The summed E-state index contributed by atoms with van der Waals surface area (Å²) in [7, 11) is 0. The minimum Gasteiger partial charge on any atom is -0.493 e. The molecule has 0 heterocycles. The fraction of sp³-hybridized carbons (Fsp3) is 0.235. The van der Waals surface area contributed by atoms with E-state index in [0.29, 0.717) is 12.4 Å². The van der Waals surface area contributed by atoms with Gasteiger partial charge in [-0.15, -0.1) is 11.8 Å². The molecule has 0 fully saturated rings. The lowest BCUT2D eigenvalue weighted by atomic mass is 10.2. The fourth-order valence-electron chi connectivity index (χ4n) is 1.87. The van der Waals surface area contributed by atoms with Crippen molar-refractivity contribution < 1.29 is 18.3 Å². The van der Waals surface area contributed by atoms with E-state index in [2.05, 4.69) is 5.32 Å². The predicted octanol–water partition coefficient (Wildman–Crippen LogP) is 4.02. The summed E-state index contributed by atoms with van der Waals surface area (Å²) in [6, 6.07) is 10.6. The molecule has 0 atom stereocenters. The number of anilines is 1. The standard InChI is InChI=1S/C17H17F2NO2S/c1-12-3-2-4-14(9-12)22-7-8-23-11-17(21)20-16-10-13(18)5-6-15(16)19/h2-6,9-10H,7-8,11H2,1H3,(H,20,21). The number of carbonyl (C=O) groups excluding carboxylic acids is 1. The lowest BCUT2D eigenvalue weighted by molar-refractivity contribution is -0.113. The molecular formula is C17H17F2NO2S. The van der Waals surface area contributed by atoms with E-state index in [1.54, 1.807) is 0 Å². The molecule has 1 N–H and O–H groups in total. The highest BCUT2D eigenvalue weighted by molar-refractivity contribution is 7.99. The average Bonchev–Trinajstić information content (AvgIpc) is 2.51. The third kappa shape index (κ3) is 5.90. The molecule has 0 aliphatic heterocycles. The number of benzene rings is 2. The second kappa shape index (κ2) is 8.53. The third-order valence-corrected chi connectivity index (χ3v) is 3.84. The molecule has 2 aromatic rings. The number of aryl methyl sites for hydroxylation is 1. The van der Waals surface area contributed by atoms with Gasteiger partial charge in [-0.25, -0.2) is 8.78 Å². The van der Waals surface area contributed by atoms with E-state index in [1.165, 1.54) is 11.8 Å². The van der Waals surface area contributed by atoms with Crippen LogP contribution in [0.1, 0.15) is 5.56 Å². The van der Waals surface area contributed by atoms with Crippen LogP contribution in [0.4, 0.5) is 14.5 Å². The largest absolute Gasteiger partial charge is 0.493 e. The van der Waals surface area contributed by atoms with E-state index in [0.717, 1.165) is 29.5 Å². The molecule has 2 rings (SSSR count). The fourth-order valence-corrected chi connectivity index (χ4v) is 2.47. The lowest BCUT2D eigenvalue weighted by Crippen LogP contribution is -2.16. The van der Waals surface area contributed by atoms with Crippen molar-refractivity contribution in [2.45, 2.75) is 6.92 Å². The summed E-state index contributed by atoms with van der Waals surface area (Å²) in [5.41, 5.74) is 0.971. The molecule has 1 amide bonds. The van der Waals surface area contributed by atoms with Crippen molar-refractivity contribution in [1.82, 2.24) is 0 Å². The minimum atomic E-state index is -0.660. The molecule has 0 aliphatic carbocycles. The van der Waals surface area contributed by atoms with Gasteiger partial charge < -0.3 is 10.1 Å². The van der Waals surface area contributed by atoms with Crippen LogP contribution in [0.5, 0.6) is 5.75 Å². The van der Waals surface area contributed by atoms with Gasteiger partial charge in [-0.1, -0.05) is 12.1 Å². The Morgan fingerprint density at radius 3 is 2.83 bits per heavy atom. The maximum atomic E-state index is 13.4. The van der Waals surface area contributed by atoms with Crippen LogP contribution in [-0.4, -0.2) is 24.0 Å². The number of thioether (sulfide) groups is 1. The zero-order valence-electron chi connectivity index (χ0n) is 12.6. The molecule has 0 saturated carbocycles. The van der Waals surface area contributed by atoms with Crippen LogP contribution < -0.4 is 10.1 Å². The number of halogens is 2. The maximum Gasteiger partial charge on any atom is 0.234 e. The third-order valence-electron chi connectivity index (χ3n) is 2.92. The van der Waals surface area contributed by atoms with Gasteiger partial charge in [-0.05, 0) is 36.8 Å². The Morgan fingerprint density at radius 2 is 2.04 bits per heavy atom. The van der Waals surface area contributed by atoms with Crippen molar-refractivity contribution in [3.05, 3.63) is 59.7 Å². The van der Waals surface area contributed by atoms with Crippen molar-refractivity contribution in [2.24, 2.45) is 0 Å². The van der Waals surface area contributed by atoms with Crippen LogP contribution in [0.25, 0.3) is 0 Å². The Balaban J connectivity index is 1.68. The molecule has 0 aromatic heterocycles. The Hall–Kier alpha value is -2.08. The maximum absolute atomic E-state index is 13.4. The molecule has 0 unspecified atom stereocenters. The molecule has 0 radical (unpaired) electrons. The van der Waals surface area contributed by atoms with Crippen molar-refractivity contribution in [3.8, 4) is 5.75 Å². The number of hydrogen-bond donors (Lipinski definition) is 1. The smallest absolute Gasteiger partial charge is 0.234 e. The molecule has 0 bridgehead atoms. The van der Waals surface area contributed by atoms with Gasteiger partial charge in [0.25, 0.3) is 0 Å². The van der Waals surface area contributed by atoms with Gasteiger partial charge in [0.05, 0.1) is 18.0 Å². The molecule has 23 heavy (non-hydrogen) atoms. The molecule has 3 nitrogen and oxygen atoms in total. The van der Waals surface area contributed by atoms with E-state index in [9.17, 15) is 13.6 Å². The van der Waals surface area contributed by atoms with Crippen LogP contribution in [-0.2, 0) is 4.79 Å². The second-order valence-corrected chi connectivity index (χ2v) is 6.00. The molecule has 0 saturated heterocycles. The highest BCUT2D eigenvalue weighted by Gasteiger charge is 2.08. The molecule has 122 valence electrons. The summed E-state index contributed by atoms with van der Waals surface area (Å²) in [5.74, 6) is -0.0829. The summed E-state index contributed by atoms with van der Waals surface area (Å²) in [6.45, 7) is 2.45. The van der Waals surface area contributed by atoms with Crippen LogP contribution >= 0.6 is 11.8 Å². The molecule has 0 spiro atoms. The summed E-state index contributed by atoms with van der Waals surface area (Å²) in [4.78, 5) is 11.7.